The van der Waals surface area contributed by atoms with E-state index in [1.165, 1.54) is 0 Å². The van der Waals surface area contributed by atoms with Crippen molar-refractivity contribution in [2.45, 2.75) is 13.8 Å². The number of hydrogen-bond acceptors (Lipinski definition) is 2. The lowest BCUT2D eigenvalue weighted by molar-refractivity contribution is 0.101. The lowest BCUT2D eigenvalue weighted by atomic mass is 10.1. The van der Waals surface area contributed by atoms with Crippen LogP contribution in [-0.2, 0) is 14.1 Å². The predicted molar refractivity (Wildman–Crippen MR) is 91.7 cm³/mol. The van der Waals surface area contributed by atoms with Gasteiger partial charge >= 0.3 is 0 Å². The molecule has 0 bridgehead atoms. The molecule has 6 heteroatoms. The van der Waals surface area contributed by atoms with Crippen LogP contribution in [0.25, 0.3) is 11.4 Å². The molecule has 0 radical (unpaired) electrons. The predicted octanol–water partition coefficient (Wildman–Crippen LogP) is 2.67. The summed E-state index contributed by atoms with van der Waals surface area (Å²) in [6, 6.07) is 7.78. The molecular formula is C18H18N4O2. The molecule has 0 spiro atoms. The number of nitrogens with one attached hydrogen (secondary N) is 1. The van der Waals surface area contributed by atoms with Crippen LogP contribution in [0, 0.1) is 13.8 Å². The van der Waals surface area contributed by atoms with E-state index in [0.29, 0.717) is 22.5 Å². The van der Waals surface area contributed by atoms with Crippen LogP contribution in [0.3, 0.4) is 0 Å². The van der Waals surface area contributed by atoms with Crippen molar-refractivity contribution in [3.05, 3.63) is 52.5 Å². The first-order valence-electron chi connectivity index (χ1n) is 7.74. The van der Waals surface area contributed by atoms with Crippen molar-refractivity contribution in [2.75, 3.05) is 0 Å². The van der Waals surface area contributed by atoms with E-state index < -0.39 is 0 Å². The fourth-order valence-corrected chi connectivity index (χ4v) is 3.24. The summed E-state index contributed by atoms with van der Waals surface area (Å²) in [6.07, 6.45) is 0. The van der Waals surface area contributed by atoms with Crippen molar-refractivity contribution in [3.8, 4) is 17.3 Å². The maximum atomic E-state index is 12.6. The van der Waals surface area contributed by atoms with Crippen LogP contribution in [0.1, 0.15) is 33.0 Å². The summed E-state index contributed by atoms with van der Waals surface area (Å²) < 4.78 is 3.93. The van der Waals surface area contributed by atoms with E-state index in [9.17, 15) is 9.90 Å². The normalized spacial score (nSPS) is 13.5. The average Bonchev–Trinajstić information content (AvgIpc) is 3.24. The van der Waals surface area contributed by atoms with Crippen molar-refractivity contribution in [1.82, 2.24) is 14.1 Å². The number of carbonyl (C=O) groups is 1. The number of amides is 1. The van der Waals surface area contributed by atoms with Gasteiger partial charge in [0.05, 0.1) is 28.2 Å². The minimum absolute atomic E-state index is 0.0256. The van der Waals surface area contributed by atoms with Crippen LogP contribution in [0.5, 0.6) is 5.88 Å². The Hall–Kier alpha value is -3.02. The van der Waals surface area contributed by atoms with Crippen molar-refractivity contribution >= 4 is 11.6 Å². The van der Waals surface area contributed by atoms with E-state index in [-0.39, 0.29) is 11.8 Å². The Bertz CT molecular complexity index is 1030. The van der Waals surface area contributed by atoms with Crippen molar-refractivity contribution in [3.63, 3.8) is 0 Å². The van der Waals surface area contributed by atoms with Gasteiger partial charge in [-0.3, -0.25) is 4.79 Å². The lowest BCUT2D eigenvalue weighted by Gasteiger charge is -2.05. The van der Waals surface area contributed by atoms with Gasteiger partial charge in [-0.1, -0.05) is 0 Å². The molecule has 0 atom stereocenters. The van der Waals surface area contributed by atoms with Gasteiger partial charge in [0, 0.05) is 25.5 Å². The highest BCUT2D eigenvalue weighted by atomic mass is 16.3. The van der Waals surface area contributed by atoms with Crippen LogP contribution >= 0.6 is 0 Å². The molecule has 4 rings (SSSR count). The first-order valence-corrected chi connectivity index (χ1v) is 7.74. The summed E-state index contributed by atoms with van der Waals surface area (Å²) in [5, 5.41) is 10.5. The highest BCUT2D eigenvalue weighted by Crippen LogP contribution is 2.38. The van der Waals surface area contributed by atoms with Gasteiger partial charge in [0.25, 0.3) is 5.91 Å². The summed E-state index contributed by atoms with van der Waals surface area (Å²) in [4.78, 5) is 19.7. The number of carbonyl (C=O) groups excluding carboxylic acids is 1. The van der Waals surface area contributed by atoms with Crippen LogP contribution in [-0.4, -0.2) is 30.8 Å². The van der Waals surface area contributed by atoms with Gasteiger partial charge in [0.1, 0.15) is 5.71 Å². The van der Waals surface area contributed by atoms with E-state index >= 15 is 0 Å². The maximum Gasteiger partial charge on any atom is 0.280 e. The third kappa shape index (κ3) is 1.76. The fourth-order valence-electron chi connectivity index (χ4n) is 3.24. The molecule has 3 aromatic rings. The quantitative estimate of drug-likeness (QED) is 0.761. The summed E-state index contributed by atoms with van der Waals surface area (Å²) in [6.45, 7) is 3.97. The van der Waals surface area contributed by atoms with Crippen LogP contribution in [0.2, 0.25) is 0 Å². The summed E-state index contributed by atoms with van der Waals surface area (Å²) in [7, 11) is 3.84. The van der Waals surface area contributed by atoms with Crippen molar-refractivity contribution in [2.24, 2.45) is 19.1 Å². The van der Waals surface area contributed by atoms with Gasteiger partial charge in [-0.2, -0.15) is 0 Å². The molecule has 0 saturated heterocycles. The third-order valence-corrected chi connectivity index (χ3v) is 4.89. The Morgan fingerprint density at radius 3 is 2.08 bits per heavy atom. The van der Waals surface area contributed by atoms with Crippen LogP contribution in [0.4, 0.5) is 0 Å². The molecule has 0 saturated carbocycles. The smallest absolute Gasteiger partial charge is 0.280 e. The second kappa shape index (κ2) is 4.74. The minimum atomic E-state index is -0.329. The highest BCUT2D eigenvalue weighted by Gasteiger charge is 2.35. The molecule has 1 aliphatic rings. The summed E-state index contributed by atoms with van der Waals surface area (Å²) in [5.41, 5.74) is 5.81. The molecule has 2 N–H and O–H groups in total. The standard InChI is InChI=1S/C18H18N4O2/c1-9-5-7-11(21(9)3)15-13-14(18(24)19-15)16(20-17(13)23)12-8-6-10(2)22(12)4/h5-8,19,24H,1-4H3. The van der Waals surface area contributed by atoms with Crippen LogP contribution < -0.4 is 0 Å². The lowest BCUT2D eigenvalue weighted by Crippen LogP contribution is -2.07. The Kier molecular flexibility index (Phi) is 2.87. The second-order valence-corrected chi connectivity index (χ2v) is 6.20. The molecule has 0 aromatic carbocycles. The molecule has 1 amide bonds. The fraction of sp³-hybridized carbons (Fsp3) is 0.222. The number of rotatable bonds is 2. The number of aromatic amines is 1. The largest absolute Gasteiger partial charge is 0.494 e. The Morgan fingerprint density at radius 2 is 1.54 bits per heavy atom. The number of hydrogen-bond donors (Lipinski definition) is 2. The number of fused-ring (bicyclic) bond motifs is 1. The number of aryl methyl sites for hydroxylation is 2. The molecular weight excluding hydrogens is 304 g/mol. The molecule has 6 nitrogen and oxygen atoms in total. The van der Waals surface area contributed by atoms with Gasteiger partial charge in [-0.05, 0) is 38.1 Å². The average molecular weight is 322 g/mol. The molecule has 122 valence electrons. The number of aliphatic imine (C=N–C) groups is 1. The van der Waals surface area contributed by atoms with E-state index in [1.807, 2.05) is 61.3 Å². The Morgan fingerprint density at radius 1 is 0.958 bits per heavy atom. The molecule has 4 heterocycles. The van der Waals surface area contributed by atoms with Gasteiger partial charge in [0.15, 0.2) is 5.88 Å². The van der Waals surface area contributed by atoms with Crippen molar-refractivity contribution in [1.29, 1.82) is 0 Å². The Labute approximate surface area is 139 Å². The number of aromatic nitrogens is 3. The molecule has 3 aromatic heterocycles. The van der Waals surface area contributed by atoms with E-state index in [0.717, 1.165) is 22.8 Å². The van der Waals surface area contributed by atoms with Gasteiger partial charge in [-0.15, -0.1) is 0 Å². The van der Waals surface area contributed by atoms with Gasteiger partial charge in [0.2, 0.25) is 0 Å². The molecule has 24 heavy (non-hydrogen) atoms. The zero-order valence-corrected chi connectivity index (χ0v) is 14.0. The van der Waals surface area contributed by atoms with Gasteiger partial charge in [-0.25, -0.2) is 4.99 Å². The number of H-pyrrole nitrogens is 1. The first-order chi connectivity index (χ1) is 11.4. The number of nitrogens with zero attached hydrogens (tertiary/aromatic N) is 3. The first kappa shape index (κ1) is 14.6. The molecule has 0 fully saturated rings. The number of aromatic hydroxyl groups is 1. The monoisotopic (exact) mass is 322 g/mol. The summed E-state index contributed by atoms with van der Waals surface area (Å²) >= 11 is 0. The minimum Gasteiger partial charge on any atom is -0.494 e. The van der Waals surface area contributed by atoms with Crippen LogP contribution in [0.15, 0.2) is 29.3 Å². The van der Waals surface area contributed by atoms with E-state index in [2.05, 4.69) is 9.98 Å². The molecule has 0 unspecified atom stereocenters. The third-order valence-electron chi connectivity index (χ3n) is 4.89. The second-order valence-electron chi connectivity index (χ2n) is 6.20. The molecule has 1 aliphatic heterocycles. The van der Waals surface area contributed by atoms with Gasteiger partial charge < -0.3 is 19.2 Å². The van der Waals surface area contributed by atoms with Crippen molar-refractivity contribution < 1.29 is 9.90 Å². The zero-order chi connectivity index (χ0) is 17.2. The highest BCUT2D eigenvalue weighted by molar-refractivity contribution is 6.30. The zero-order valence-electron chi connectivity index (χ0n) is 14.0. The summed E-state index contributed by atoms with van der Waals surface area (Å²) in [5.74, 6) is -0.355. The SMILES string of the molecule is Cc1ccc(C2=NC(=O)c3c(-c4ccc(C)n4C)[nH]c(O)c32)n1C. The molecule has 0 aliphatic carbocycles. The maximum absolute atomic E-state index is 12.6. The Balaban J connectivity index is 1.94. The topological polar surface area (TPSA) is 75.3 Å². The van der Waals surface area contributed by atoms with E-state index in [4.69, 9.17) is 0 Å². The van der Waals surface area contributed by atoms with E-state index in [1.54, 1.807) is 0 Å².